The Morgan fingerprint density at radius 3 is 2.11 bits per heavy atom. The fourth-order valence-corrected chi connectivity index (χ4v) is 2.05. The van der Waals surface area contributed by atoms with E-state index in [2.05, 4.69) is 24.1 Å². The number of carboxylic acids is 2. The van der Waals surface area contributed by atoms with Gasteiger partial charge in [0.1, 0.15) is 18.2 Å². The molecular formula is C20H24FNO6. The highest BCUT2D eigenvalue weighted by Crippen LogP contribution is 2.10. The first-order valence-electron chi connectivity index (χ1n) is 8.53. The Kier molecular flexibility index (Phi) is 10.9. The summed E-state index contributed by atoms with van der Waals surface area (Å²) in [5.74, 6) is -3.25. The van der Waals surface area contributed by atoms with E-state index in [1.807, 2.05) is 18.2 Å². The minimum Gasteiger partial charge on any atom is -0.491 e. The van der Waals surface area contributed by atoms with Gasteiger partial charge in [-0.15, -0.1) is 0 Å². The third-order valence-corrected chi connectivity index (χ3v) is 3.41. The van der Waals surface area contributed by atoms with Crippen molar-refractivity contribution in [3.63, 3.8) is 0 Å². The van der Waals surface area contributed by atoms with Crippen LogP contribution in [0.3, 0.4) is 0 Å². The maximum absolute atomic E-state index is 12.7. The van der Waals surface area contributed by atoms with Crippen LogP contribution in [-0.4, -0.2) is 60.5 Å². The van der Waals surface area contributed by atoms with Crippen LogP contribution < -0.4 is 4.74 Å². The molecule has 7 nitrogen and oxygen atoms in total. The van der Waals surface area contributed by atoms with Crippen LogP contribution in [-0.2, 0) is 20.9 Å². The average Bonchev–Trinajstić information content (AvgIpc) is 2.67. The van der Waals surface area contributed by atoms with Crippen LogP contribution in [0.1, 0.15) is 5.56 Å². The van der Waals surface area contributed by atoms with Gasteiger partial charge in [0.05, 0.1) is 13.2 Å². The van der Waals surface area contributed by atoms with Gasteiger partial charge in [-0.05, 0) is 36.9 Å². The van der Waals surface area contributed by atoms with E-state index in [0.717, 1.165) is 13.1 Å². The summed E-state index contributed by atoms with van der Waals surface area (Å²) in [5.41, 5.74) is 1.30. The zero-order valence-corrected chi connectivity index (χ0v) is 15.6. The van der Waals surface area contributed by atoms with E-state index < -0.39 is 11.9 Å². The molecule has 0 heterocycles. The molecule has 2 N–H and O–H groups in total. The van der Waals surface area contributed by atoms with Gasteiger partial charge in [-0.3, -0.25) is 4.90 Å². The summed E-state index contributed by atoms with van der Waals surface area (Å²) in [6.07, 6.45) is 0. The van der Waals surface area contributed by atoms with Gasteiger partial charge < -0.3 is 19.7 Å². The van der Waals surface area contributed by atoms with E-state index in [-0.39, 0.29) is 5.82 Å². The molecule has 0 aliphatic rings. The van der Waals surface area contributed by atoms with Crippen molar-refractivity contribution >= 4 is 11.9 Å². The molecule has 2 aromatic carbocycles. The molecule has 8 heteroatoms. The smallest absolute Gasteiger partial charge is 0.414 e. The zero-order valence-electron chi connectivity index (χ0n) is 15.6. The zero-order chi connectivity index (χ0) is 20.8. The Bertz CT molecular complexity index is 696. The van der Waals surface area contributed by atoms with Gasteiger partial charge in [-0.1, -0.05) is 30.3 Å². The van der Waals surface area contributed by atoms with Crippen LogP contribution >= 0.6 is 0 Å². The summed E-state index contributed by atoms with van der Waals surface area (Å²) in [4.78, 5) is 20.4. The second-order valence-electron chi connectivity index (χ2n) is 5.75. The number of aliphatic carboxylic acids is 2. The molecule has 2 aromatic rings. The summed E-state index contributed by atoms with van der Waals surface area (Å²) in [7, 11) is 2.07. The minimum absolute atomic E-state index is 0.259. The van der Waals surface area contributed by atoms with Gasteiger partial charge in [0.2, 0.25) is 0 Å². The Labute approximate surface area is 162 Å². The fraction of sp³-hybridized carbons (Fsp3) is 0.300. The van der Waals surface area contributed by atoms with Gasteiger partial charge >= 0.3 is 11.9 Å². The molecule has 152 valence electrons. The Morgan fingerprint density at radius 2 is 1.54 bits per heavy atom. The van der Waals surface area contributed by atoms with Crippen molar-refractivity contribution in [1.82, 2.24) is 4.90 Å². The minimum atomic E-state index is -1.82. The molecule has 0 spiro atoms. The van der Waals surface area contributed by atoms with Gasteiger partial charge in [0, 0.05) is 13.1 Å². The van der Waals surface area contributed by atoms with E-state index in [1.165, 1.54) is 17.7 Å². The molecule has 0 aromatic heterocycles. The number of nitrogens with zero attached hydrogens (tertiary/aromatic N) is 1. The van der Waals surface area contributed by atoms with Gasteiger partial charge in [-0.2, -0.15) is 0 Å². The largest absolute Gasteiger partial charge is 0.491 e. The number of hydrogen-bond donors (Lipinski definition) is 2. The number of hydrogen-bond acceptors (Lipinski definition) is 5. The molecule has 0 fully saturated rings. The average molecular weight is 393 g/mol. The first-order chi connectivity index (χ1) is 13.4. The Hall–Kier alpha value is -2.97. The molecule has 0 saturated heterocycles. The lowest BCUT2D eigenvalue weighted by molar-refractivity contribution is -0.159. The third kappa shape index (κ3) is 10.9. The highest BCUT2D eigenvalue weighted by atomic mass is 19.1. The van der Waals surface area contributed by atoms with Crippen LogP contribution in [0.2, 0.25) is 0 Å². The number of benzene rings is 2. The summed E-state index contributed by atoms with van der Waals surface area (Å²) < 4.78 is 23.7. The number of likely N-dealkylation sites (N-methyl/N-ethyl adjacent to an activating group) is 1. The Morgan fingerprint density at radius 1 is 0.929 bits per heavy atom. The van der Waals surface area contributed by atoms with Crippen molar-refractivity contribution in [2.75, 3.05) is 33.4 Å². The van der Waals surface area contributed by atoms with Crippen LogP contribution in [0.15, 0.2) is 54.6 Å². The molecule has 0 radical (unpaired) electrons. The van der Waals surface area contributed by atoms with Crippen LogP contribution in [0.25, 0.3) is 0 Å². The van der Waals surface area contributed by atoms with E-state index in [4.69, 9.17) is 29.3 Å². The third-order valence-electron chi connectivity index (χ3n) is 3.41. The lowest BCUT2D eigenvalue weighted by Crippen LogP contribution is -2.23. The van der Waals surface area contributed by atoms with Crippen molar-refractivity contribution in [3.05, 3.63) is 66.0 Å². The van der Waals surface area contributed by atoms with Crippen LogP contribution in [0.4, 0.5) is 4.39 Å². The predicted octanol–water partition coefficient (Wildman–Crippen LogP) is 2.51. The maximum Gasteiger partial charge on any atom is 0.414 e. The number of carboxylic acid groups (broad SMARTS) is 2. The number of halogens is 1. The van der Waals surface area contributed by atoms with Crippen molar-refractivity contribution in [3.8, 4) is 5.75 Å². The van der Waals surface area contributed by atoms with E-state index in [9.17, 15) is 4.39 Å². The summed E-state index contributed by atoms with van der Waals surface area (Å²) in [6, 6.07) is 16.4. The van der Waals surface area contributed by atoms with Crippen LogP contribution in [0, 0.1) is 5.82 Å². The maximum atomic E-state index is 12.7. The number of ether oxygens (including phenoxy) is 2. The van der Waals surface area contributed by atoms with Crippen molar-refractivity contribution in [2.45, 2.75) is 6.54 Å². The number of carbonyl (C=O) groups is 2. The molecule has 28 heavy (non-hydrogen) atoms. The highest BCUT2D eigenvalue weighted by molar-refractivity contribution is 6.27. The van der Waals surface area contributed by atoms with Crippen molar-refractivity contribution in [2.24, 2.45) is 0 Å². The van der Waals surface area contributed by atoms with E-state index in [1.54, 1.807) is 12.1 Å². The number of rotatable bonds is 9. The molecule has 2 rings (SSSR count). The van der Waals surface area contributed by atoms with Crippen molar-refractivity contribution < 1.29 is 33.7 Å². The first kappa shape index (κ1) is 23.1. The second-order valence-corrected chi connectivity index (χ2v) is 5.75. The summed E-state index contributed by atoms with van der Waals surface area (Å²) in [5, 5.41) is 14.8. The van der Waals surface area contributed by atoms with Gasteiger partial charge in [0.25, 0.3) is 0 Å². The first-order valence-corrected chi connectivity index (χ1v) is 8.53. The molecular weight excluding hydrogens is 369 g/mol. The molecule has 0 bridgehead atoms. The summed E-state index contributed by atoms with van der Waals surface area (Å²) >= 11 is 0. The Balaban J connectivity index is 0.000000568. The van der Waals surface area contributed by atoms with Gasteiger partial charge in [-0.25, -0.2) is 14.0 Å². The fourth-order valence-electron chi connectivity index (χ4n) is 2.05. The molecule has 0 unspecified atom stereocenters. The standard InChI is InChI=1S/C18H22FNO2.C2H2O4/c1-20(15-16-5-3-2-4-6-16)11-12-21-13-14-22-18-9-7-17(19)8-10-18;3-1(4)2(5)6/h2-10H,11-15H2,1H3;(H,3,4)(H,5,6). The normalized spacial score (nSPS) is 10.1. The molecule has 0 aliphatic carbocycles. The topological polar surface area (TPSA) is 96.3 Å². The van der Waals surface area contributed by atoms with Crippen molar-refractivity contribution in [1.29, 1.82) is 0 Å². The second kappa shape index (κ2) is 13.2. The lowest BCUT2D eigenvalue weighted by Gasteiger charge is -2.16. The lowest BCUT2D eigenvalue weighted by atomic mass is 10.2. The SMILES string of the molecule is CN(CCOCCOc1ccc(F)cc1)Cc1ccccc1.O=C(O)C(=O)O. The van der Waals surface area contributed by atoms with E-state index in [0.29, 0.717) is 25.6 Å². The summed E-state index contributed by atoms with van der Waals surface area (Å²) in [6.45, 7) is 3.43. The quantitative estimate of drug-likeness (QED) is 0.499. The molecule has 0 amide bonds. The van der Waals surface area contributed by atoms with E-state index >= 15 is 0 Å². The predicted molar refractivity (Wildman–Crippen MR) is 101 cm³/mol. The van der Waals surface area contributed by atoms with Crippen LogP contribution in [0.5, 0.6) is 5.75 Å². The molecule has 0 atom stereocenters. The highest BCUT2D eigenvalue weighted by Gasteiger charge is 2.04. The molecule has 0 aliphatic heterocycles. The monoisotopic (exact) mass is 393 g/mol. The van der Waals surface area contributed by atoms with Gasteiger partial charge in [0.15, 0.2) is 0 Å². The molecule has 0 saturated carbocycles.